The van der Waals surface area contributed by atoms with Gasteiger partial charge in [-0.1, -0.05) is 24.3 Å². The molecule has 136 valence electrons. The van der Waals surface area contributed by atoms with E-state index in [1.165, 1.54) is 0 Å². The first-order valence-corrected chi connectivity index (χ1v) is 7.90. The lowest BCUT2D eigenvalue weighted by molar-refractivity contribution is 0.392. The summed E-state index contributed by atoms with van der Waals surface area (Å²) in [6, 6.07) is 11.8. The van der Waals surface area contributed by atoms with Gasteiger partial charge in [-0.25, -0.2) is 9.98 Å². The van der Waals surface area contributed by atoms with Crippen LogP contribution in [0.2, 0.25) is 0 Å². The molecule has 0 amide bonds. The van der Waals surface area contributed by atoms with Gasteiger partial charge in [0.2, 0.25) is 5.88 Å². The first-order chi connectivity index (χ1) is 11.8. The van der Waals surface area contributed by atoms with E-state index in [1.54, 1.807) is 20.4 Å². The molecular formula is C18H25IN4O2. The SMILES string of the molecule is CCNC(=NCc1cccnc1OC)NCc1ccccc1OC.I. The summed E-state index contributed by atoms with van der Waals surface area (Å²) < 4.78 is 10.6. The lowest BCUT2D eigenvalue weighted by atomic mass is 10.2. The normalized spacial score (nSPS) is 10.6. The Morgan fingerprint density at radius 2 is 1.80 bits per heavy atom. The number of benzene rings is 1. The number of hydrogen-bond acceptors (Lipinski definition) is 4. The molecule has 0 aliphatic heterocycles. The summed E-state index contributed by atoms with van der Waals surface area (Å²) in [5.74, 6) is 2.19. The number of halogens is 1. The molecule has 1 aromatic carbocycles. The number of aliphatic imine (C=N–C) groups is 1. The zero-order valence-corrected chi connectivity index (χ0v) is 17.1. The van der Waals surface area contributed by atoms with Crippen LogP contribution in [0.4, 0.5) is 0 Å². The van der Waals surface area contributed by atoms with Crippen LogP contribution in [0.15, 0.2) is 47.6 Å². The topological polar surface area (TPSA) is 67.8 Å². The monoisotopic (exact) mass is 456 g/mol. The van der Waals surface area contributed by atoms with E-state index in [1.807, 2.05) is 43.3 Å². The van der Waals surface area contributed by atoms with Crippen molar-refractivity contribution in [3.63, 3.8) is 0 Å². The third kappa shape index (κ3) is 6.41. The van der Waals surface area contributed by atoms with Crippen LogP contribution in [0.1, 0.15) is 18.1 Å². The van der Waals surface area contributed by atoms with Crippen LogP contribution in [0, 0.1) is 0 Å². The molecule has 2 aromatic rings. The molecule has 2 rings (SSSR count). The van der Waals surface area contributed by atoms with Gasteiger partial charge in [-0.05, 0) is 19.1 Å². The zero-order valence-electron chi connectivity index (χ0n) is 14.8. The Bertz CT molecular complexity index is 680. The molecule has 1 heterocycles. The Morgan fingerprint density at radius 3 is 2.52 bits per heavy atom. The van der Waals surface area contributed by atoms with Crippen molar-refractivity contribution in [2.24, 2.45) is 4.99 Å². The molecule has 0 radical (unpaired) electrons. The second kappa shape index (κ2) is 11.5. The van der Waals surface area contributed by atoms with Gasteiger partial charge in [0, 0.05) is 30.4 Å². The molecule has 1 aromatic heterocycles. The molecular weight excluding hydrogens is 431 g/mol. The van der Waals surface area contributed by atoms with Crippen LogP contribution >= 0.6 is 24.0 Å². The zero-order chi connectivity index (χ0) is 17.2. The summed E-state index contributed by atoms with van der Waals surface area (Å²) in [5, 5.41) is 6.55. The highest BCUT2D eigenvalue weighted by Gasteiger charge is 2.05. The highest BCUT2D eigenvalue weighted by molar-refractivity contribution is 14.0. The number of pyridine rings is 1. The Kier molecular flexibility index (Phi) is 9.68. The second-order valence-electron chi connectivity index (χ2n) is 5.03. The van der Waals surface area contributed by atoms with Gasteiger partial charge in [0.1, 0.15) is 5.75 Å². The summed E-state index contributed by atoms with van der Waals surface area (Å²) in [5.41, 5.74) is 2.01. The standard InChI is InChI=1S/C18H24N4O2.HI/c1-4-19-18(21-12-14-8-5-6-10-16(14)23-2)22-13-15-9-7-11-20-17(15)24-3;/h5-11H,4,12-13H2,1-3H3,(H2,19,21,22);1H. The van der Waals surface area contributed by atoms with Gasteiger partial charge < -0.3 is 20.1 Å². The Morgan fingerprint density at radius 1 is 1.04 bits per heavy atom. The number of aromatic nitrogens is 1. The van der Waals surface area contributed by atoms with Crippen molar-refractivity contribution in [2.75, 3.05) is 20.8 Å². The average Bonchev–Trinajstić information content (AvgIpc) is 2.64. The predicted octanol–water partition coefficient (Wildman–Crippen LogP) is 2.97. The quantitative estimate of drug-likeness (QED) is 0.381. The molecule has 0 saturated heterocycles. The predicted molar refractivity (Wildman–Crippen MR) is 111 cm³/mol. The van der Waals surface area contributed by atoms with Gasteiger partial charge in [-0.2, -0.15) is 0 Å². The molecule has 6 nitrogen and oxygen atoms in total. The van der Waals surface area contributed by atoms with E-state index in [2.05, 4.69) is 20.6 Å². The number of hydrogen-bond donors (Lipinski definition) is 2. The van der Waals surface area contributed by atoms with E-state index in [4.69, 9.17) is 9.47 Å². The number of guanidine groups is 1. The second-order valence-corrected chi connectivity index (χ2v) is 5.03. The summed E-state index contributed by atoms with van der Waals surface area (Å²) in [6.45, 7) is 3.92. The molecule has 0 unspecified atom stereocenters. The lowest BCUT2D eigenvalue weighted by Gasteiger charge is -2.13. The Labute approximate surface area is 166 Å². The fourth-order valence-electron chi connectivity index (χ4n) is 2.26. The van der Waals surface area contributed by atoms with Crippen molar-refractivity contribution in [1.29, 1.82) is 0 Å². The highest BCUT2D eigenvalue weighted by atomic mass is 127. The van der Waals surface area contributed by atoms with Crippen molar-refractivity contribution in [3.8, 4) is 11.6 Å². The lowest BCUT2D eigenvalue weighted by Crippen LogP contribution is -2.36. The molecule has 0 saturated carbocycles. The molecule has 25 heavy (non-hydrogen) atoms. The van der Waals surface area contributed by atoms with E-state index >= 15 is 0 Å². The first-order valence-electron chi connectivity index (χ1n) is 7.90. The van der Waals surface area contributed by atoms with Crippen LogP contribution in [-0.2, 0) is 13.1 Å². The fraction of sp³-hybridized carbons (Fsp3) is 0.333. The summed E-state index contributed by atoms with van der Waals surface area (Å²) >= 11 is 0. The molecule has 0 fully saturated rings. The summed E-state index contributed by atoms with van der Waals surface area (Å²) in [6.07, 6.45) is 1.71. The molecule has 0 atom stereocenters. The van der Waals surface area contributed by atoms with Crippen LogP contribution in [0.25, 0.3) is 0 Å². The number of ether oxygens (including phenoxy) is 2. The van der Waals surface area contributed by atoms with Crippen molar-refractivity contribution in [3.05, 3.63) is 53.7 Å². The molecule has 7 heteroatoms. The van der Waals surface area contributed by atoms with Crippen LogP contribution in [-0.4, -0.2) is 31.7 Å². The fourth-order valence-corrected chi connectivity index (χ4v) is 2.26. The maximum absolute atomic E-state index is 5.37. The van der Waals surface area contributed by atoms with Gasteiger partial charge in [-0.15, -0.1) is 24.0 Å². The number of methoxy groups -OCH3 is 2. The average molecular weight is 456 g/mol. The van der Waals surface area contributed by atoms with Crippen molar-refractivity contribution >= 4 is 29.9 Å². The third-order valence-electron chi connectivity index (χ3n) is 3.43. The Balaban J connectivity index is 0.00000312. The Hall–Kier alpha value is -2.03. The maximum atomic E-state index is 5.37. The first kappa shape index (κ1) is 21.0. The van der Waals surface area contributed by atoms with Crippen molar-refractivity contribution in [2.45, 2.75) is 20.0 Å². The third-order valence-corrected chi connectivity index (χ3v) is 3.43. The van der Waals surface area contributed by atoms with Crippen LogP contribution in [0.5, 0.6) is 11.6 Å². The highest BCUT2D eigenvalue weighted by Crippen LogP contribution is 2.17. The minimum atomic E-state index is 0. The number of nitrogens with zero attached hydrogens (tertiary/aromatic N) is 2. The molecule has 0 aliphatic carbocycles. The molecule has 0 aliphatic rings. The smallest absolute Gasteiger partial charge is 0.218 e. The van der Waals surface area contributed by atoms with E-state index in [0.29, 0.717) is 19.0 Å². The van der Waals surface area contributed by atoms with E-state index in [-0.39, 0.29) is 24.0 Å². The maximum Gasteiger partial charge on any atom is 0.218 e. The molecule has 2 N–H and O–H groups in total. The minimum Gasteiger partial charge on any atom is -0.496 e. The van der Waals surface area contributed by atoms with Gasteiger partial charge in [0.15, 0.2) is 5.96 Å². The van der Waals surface area contributed by atoms with E-state index < -0.39 is 0 Å². The summed E-state index contributed by atoms with van der Waals surface area (Å²) in [4.78, 5) is 8.79. The van der Waals surface area contributed by atoms with Crippen LogP contribution in [0.3, 0.4) is 0 Å². The van der Waals surface area contributed by atoms with Crippen molar-refractivity contribution < 1.29 is 9.47 Å². The number of para-hydroxylation sites is 1. The molecule has 0 bridgehead atoms. The largest absolute Gasteiger partial charge is 0.496 e. The van der Waals surface area contributed by atoms with Crippen molar-refractivity contribution in [1.82, 2.24) is 15.6 Å². The van der Waals surface area contributed by atoms with Gasteiger partial charge >= 0.3 is 0 Å². The van der Waals surface area contributed by atoms with Gasteiger partial charge in [0.05, 0.1) is 20.8 Å². The van der Waals surface area contributed by atoms with E-state index in [0.717, 1.165) is 29.4 Å². The van der Waals surface area contributed by atoms with E-state index in [9.17, 15) is 0 Å². The van der Waals surface area contributed by atoms with Gasteiger partial charge in [-0.3, -0.25) is 0 Å². The van der Waals surface area contributed by atoms with Crippen LogP contribution < -0.4 is 20.1 Å². The van der Waals surface area contributed by atoms with Gasteiger partial charge in [0.25, 0.3) is 0 Å². The summed E-state index contributed by atoms with van der Waals surface area (Å²) in [7, 11) is 3.29. The number of nitrogens with one attached hydrogen (secondary N) is 2. The number of rotatable bonds is 7. The molecule has 0 spiro atoms. The minimum absolute atomic E-state index is 0.